The van der Waals surface area contributed by atoms with Gasteiger partial charge in [0.05, 0.1) is 18.3 Å². The number of amides is 1. The van der Waals surface area contributed by atoms with Gasteiger partial charge in [-0.2, -0.15) is 30.2 Å². The van der Waals surface area contributed by atoms with E-state index in [-0.39, 0.29) is 55.3 Å². The van der Waals surface area contributed by atoms with Gasteiger partial charge in [-0.3, -0.25) is 0 Å². The molecule has 0 saturated carbocycles. The number of carbonyl (C=O) groups is 1. The Kier molecular flexibility index (Phi) is 11.0. The number of pyridine rings is 1. The van der Waals surface area contributed by atoms with E-state index in [2.05, 4.69) is 4.98 Å². The van der Waals surface area contributed by atoms with Crippen LogP contribution in [0, 0.1) is 0 Å². The van der Waals surface area contributed by atoms with Gasteiger partial charge >= 0.3 is 22.5 Å². The highest BCUT2D eigenvalue weighted by atomic mass is 35.5. The first-order valence-electron chi connectivity index (χ1n) is 11.3. The summed E-state index contributed by atoms with van der Waals surface area (Å²) in [7, 11) is -1.68. The van der Waals surface area contributed by atoms with Gasteiger partial charge in [-0.25, -0.2) is 9.78 Å². The Morgan fingerprint density at radius 2 is 1.89 bits per heavy atom. The highest BCUT2D eigenvalue weighted by Gasteiger charge is 2.32. The van der Waals surface area contributed by atoms with Crippen LogP contribution in [-0.4, -0.2) is 73.2 Å². The van der Waals surface area contributed by atoms with Crippen LogP contribution in [0.4, 0.5) is 18.0 Å². The lowest BCUT2D eigenvalue weighted by Gasteiger charge is -2.25. The summed E-state index contributed by atoms with van der Waals surface area (Å²) in [5, 5.41) is 9.13. The van der Waals surface area contributed by atoms with Gasteiger partial charge in [0.1, 0.15) is 16.5 Å². The SMILES string of the molecule is COCCN(C)S(=O)(=O)N(CCCc1ccc(OC(C)C)cc1Oc1ncc(C(F)(F)F)cc1Cl)C(=O)O. The van der Waals surface area contributed by atoms with Gasteiger partial charge in [0, 0.05) is 39.5 Å². The standard InChI is InChI=1S/C23H29ClF3N3O7S/c1-15(2)36-18-8-7-16(6-5-9-30(22(31)32)38(33,34)29(3)10-11-35-4)20(13-18)37-21-19(24)12-17(14-28-21)23(25,26)27/h7-8,12-15H,5-6,9-11H2,1-4H3,(H,31,32). The number of hydrogen-bond acceptors (Lipinski definition) is 7. The summed E-state index contributed by atoms with van der Waals surface area (Å²) in [5.74, 6) is 0.271. The number of halogens is 4. The van der Waals surface area contributed by atoms with E-state index >= 15 is 0 Å². The maximum atomic E-state index is 13.0. The second-order valence-electron chi connectivity index (χ2n) is 8.33. The molecule has 0 atom stereocenters. The molecule has 0 aliphatic carbocycles. The van der Waals surface area contributed by atoms with Crippen molar-refractivity contribution in [1.29, 1.82) is 0 Å². The molecular formula is C23H29ClF3N3O7S. The smallest absolute Gasteiger partial charge is 0.422 e. The Bertz CT molecular complexity index is 1210. The zero-order valence-electron chi connectivity index (χ0n) is 21.2. The first-order chi connectivity index (χ1) is 17.7. The Labute approximate surface area is 224 Å². The fraction of sp³-hybridized carbons (Fsp3) is 0.478. The molecule has 38 heavy (non-hydrogen) atoms. The molecule has 0 aliphatic heterocycles. The highest BCUT2D eigenvalue weighted by molar-refractivity contribution is 7.87. The fourth-order valence-electron chi connectivity index (χ4n) is 3.17. The van der Waals surface area contributed by atoms with Crippen LogP contribution in [0.25, 0.3) is 0 Å². The van der Waals surface area contributed by atoms with E-state index in [1.165, 1.54) is 20.2 Å². The summed E-state index contributed by atoms with van der Waals surface area (Å²) >= 11 is 5.99. The molecule has 1 aromatic carbocycles. The van der Waals surface area contributed by atoms with E-state index < -0.39 is 28.0 Å². The molecule has 0 radical (unpaired) electrons. The van der Waals surface area contributed by atoms with Gasteiger partial charge in [-0.15, -0.1) is 0 Å². The van der Waals surface area contributed by atoms with Gasteiger partial charge in [0.2, 0.25) is 5.88 Å². The second kappa shape index (κ2) is 13.3. The van der Waals surface area contributed by atoms with Crippen LogP contribution in [-0.2, 0) is 27.5 Å². The van der Waals surface area contributed by atoms with Crippen LogP contribution >= 0.6 is 11.6 Å². The average molecular weight is 584 g/mol. The summed E-state index contributed by atoms with van der Waals surface area (Å²) in [6, 6.07) is 5.44. The van der Waals surface area contributed by atoms with Crippen LogP contribution in [0.3, 0.4) is 0 Å². The van der Waals surface area contributed by atoms with Crippen LogP contribution in [0.5, 0.6) is 17.4 Å². The molecule has 0 saturated heterocycles. The summed E-state index contributed by atoms with van der Waals surface area (Å²) in [6.45, 7) is 3.27. The van der Waals surface area contributed by atoms with Crippen LogP contribution < -0.4 is 9.47 Å². The lowest BCUT2D eigenvalue weighted by molar-refractivity contribution is -0.137. The summed E-state index contributed by atoms with van der Waals surface area (Å²) in [6.07, 6.45) is -5.67. The normalized spacial score (nSPS) is 12.2. The zero-order valence-corrected chi connectivity index (χ0v) is 22.7. The minimum Gasteiger partial charge on any atom is -0.491 e. The molecule has 0 fully saturated rings. The van der Waals surface area contributed by atoms with Crippen molar-refractivity contribution in [1.82, 2.24) is 13.6 Å². The molecule has 1 aromatic heterocycles. The predicted octanol–water partition coefficient (Wildman–Crippen LogP) is 5.07. The topological polar surface area (TPSA) is 119 Å². The van der Waals surface area contributed by atoms with E-state index in [9.17, 15) is 31.5 Å². The summed E-state index contributed by atoms with van der Waals surface area (Å²) in [5.41, 5.74) is -0.549. The maximum absolute atomic E-state index is 13.0. The third-order valence-corrected chi connectivity index (χ3v) is 7.19. The second-order valence-corrected chi connectivity index (χ2v) is 10.7. The van der Waals surface area contributed by atoms with Crippen molar-refractivity contribution >= 4 is 27.9 Å². The van der Waals surface area contributed by atoms with Gasteiger partial charge in [-0.05, 0) is 44.4 Å². The van der Waals surface area contributed by atoms with Crippen molar-refractivity contribution in [3.8, 4) is 17.4 Å². The van der Waals surface area contributed by atoms with Gasteiger partial charge < -0.3 is 19.3 Å². The first-order valence-corrected chi connectivity index (χ1v) is 13.1. The number of carboxylic acid groups (broad SMARTS) is 1. The zero-order chi connectivity index (χ0) is 28.7. The highest BCUT2D eigenvalue weighted by Crippen LogP contribution is 2.36. The molecule has 1 amide bonds. The third-order valence-electron chi connectivity index (χ3n) is 5.06. The molecule has 2 rings (SSSR count). The first kappa shape index (κ1) is 31.4. The van der Waals surface area contributed by atoms with Crippen molar-refractivity contribution in [3.63, 3.8) is 0 Å². The minimum absolute atomic E-state index is 0.0429. The van der Waals surface area contributed by atoms with E-state index in [1.807, 2.05) is 0 Å². The molecule has 0 aliphatic rings. The summed E-state index contributed by atoms with van der Waals surface area (Å²) in [4.78, 5) is 15.4. The van der Waals surface area contributed by atoms with E-state index in [0.29, 0.717) is 27.9 Å². The number of nitrogens with zero attached hydrogens (tertiary/aromatic N) is 3. The van der Waals surface area contributed by atoms with Crippen molar-refractivity contribution in [2.24, 2.45) is 0 Å². The Morgan fingerprint density at radius 1 is 1.21 bits per heavy atom. The van der Waals surface area contributed by atoms with Crippen molar-refractivity contribution in [2.75, 3.05) is 33.9 Å². The molecule has 1 N–H and O–H groups in total. The quantitative estimate of drug-likeness (QED) is 0.347. The number of alkyl halides is 3. The Morgan fingerprint density at radius 3 is 2.45 bits per heavy atom. The van der Waals surface area contributed by atoms with Crippen molar-refractivity contribution in [3.05, 3.63) is 46.6 Å². The molecule has 0 spiro atoms. The molecule has 0 bridgehead atoms. The molecule has 10 nitrogen and oxygen atoms in total. The molecule has 15 heteroatoms. The number of rotatable bonds is 13. The molecule has 212 valence electrons. The van der Waals surface area contributed by atoms with Crippen LogP contribution in [0.15, 0.2) is 30.5 Å². The predicted molar refractivity (Wildman–Crippen MR) is 133 cm³/mol. The Hall–Kier alpha value is -2.81. The average Bonchev–Trinajstić information content (AvgIpc) is 2.81. The Balaban J connectivity index is 2.28. The summed E-state index contributed by atoms with van der Waals surface area (Å²) < 4.78 is 81.7. The monoisotopic (exact) mass is 583 g/mol. The molecular weight excluding hydrogens is 555 g/mol. The fourth-order valence-corrected chi connectivity index (χ4v) is 4.57. The van der Waals surface area contributed by atoms with Crippen molar-refractivity contribution < 1.29 is 45.7 Å². The molecule has 0 unspecified atom stereocenters. The maximum Gasteiger partial charge on any atom is 0.422 e. The molecule has 1 heterocycles. The van der Waals surface area contributed by atoms with Crippen molar-refractivity contribution in [2.45, 2.75) is 39.0 Å². The van der Waals surface area contributed by atoms with E-state index in [0.717, 1.165) is 4.31 Å². The number of aryl methyl sites for hydroxylation is 1. The number of aromatic nitrogens is 1. The largest absolute Gasteiger partial charge is 0.491 e. The van der Waals surface area contributed by atoms with Gasteiger partial charge in [-0.1, -0.05) is 17.7 Å². The number of ether oxygens (including phenoxy) is 3. The van der Waals surface area contributed by atoms with Gasteiger partial charge in [0.15, 0.2) is 0 Å². The van der Waals surface area contributed by atoms with Crippen LogP contribution in [0.2, 0.25) is 5.02 Å². The van der Waals surface area contributed by atoms with Gasteiger partial charge in [0.25, 0.3) is 0 Å². The number of methoxy groups -OCH3 is 1. The number of likely N-dealkylation sites (N-methyl/N-ethyl adjacent to an activating group) is 1. The van der Waals surface area contributed by atoms with E-state index in [4.69, 9.17) is 25.8 Å². The minimum atomic E-state index is -4.64. The number of hydrogen-bond donors (Lipinski definition) is 1. The lowest BCUT2D eigenvalue weighted by atomic mass is 10.1. The lowest BCUT2D eigenvalue weighted by Crippen LogP contribution is -2.46. The van der Waals surface area contributed by atoms with Crippen LogP contribution in [0.1, 0.15) is 31.4 Å². The third kappa shape index (κ3) is 8.61. The number of benzene rings is 1. The molecule has 2 aromatic rings. The van der Waals surface area contributed by atoms with E-state index in [1.54, 1.807) is 26.0 Å².